The minimum absolute atomic E-state index is 0.0732. The molecule has 4 heterocycles. The third-order valence-corrected chi connectivity index (χ3v) is 11.3. The monoisotopic (exact) mass is 492 g/mol. The fourth-order valence-corrected chi connectivity index (χ4v) is 10.1. The van der Waals surface area contributed by atoms with Crippen molar-refractivity contribution in [3.8, 4) is 0 Å². The summed E-state index contributed by atoms with van der Waals surface area (Å²) in [4.78, 5) is 13.8. The van der Waals surface area contributed by atoms with Gasteiger partial charge in [-0.05, 0) is 62.2 Å². The zero-order valence-corrected chi connectivity index (χ0v) is 22.6. The molecule has 0 radical (unpaired) electrons. The summed E-state index contributed by atoms with van der Waals surface area (Å²) in [6.07, 6.45) is 1.23. The normalized spacial score (nSPS) is 60.6. The van der Waals surface area contributed by atoms with Gasteiger partial charge in [-0.2, -0.15) is 0 Å². The molecule has 6 rings (SSSR count). The molecule has 0 aromatic carbocycles. The molecule has 7 nitrogen and oxygen atoms in total. The predicted octanol–water partition coefficient (Wildman–Crippen LogP) is 3.82. The first-order valence-corrected chi connectivity index (χ1v) is 13.9. The van der Waals surface area contributed by atoms with Crippen LogP contribution >= 0.6 is 0 Å². The van der Waals surface area contributed by atoms with E-state index in [9.17, 15) is 4.79 Å². The molecule has 4 saturated heterocycles. The smallest absolute Gasteiger partial charge is 0.187 e. The Labute approximate surface area is 209 Å². The van der Waals surface area contributed by atoms with Gasteiger partial charge in [0.05, 0.1) is 18.3 Å². The van der Waals surface area contributed by atoms with E-state index in [-0.39, 0.29) is 47.4 Å². The zero-order chi connectivity index (χ0) is 25.0. The van der Waals surface area contributed by atoms with Crippen molar-refractivity contribution in [1.29, 1.82) is 0 Å². The van der Waals surface area contributed by atoms with Gasteiger partial charge < -0.3 is 28.4 Å². The van der Waals surface area contributed by atoms with Gasteiger partial charge in [-0.1, -0.05) is 27.7 Å². The lowest BCUT2D eigenvalue weighted by molar-refractivity contribution is -0.394. The molecule has 0 aromatic heterocycles. The number of ketones is 1. The number of carbonyl (C=O) groups is 1. The van der Waals surface area contributed by atoms with E-state index >= 15 is 0 Å². The van der Waals surface area contributed by atoms with E-state index in [1.165, 1.54) is 0 Å². The fourth-order valence-electron chi connectivity index (χ4n) is 10.1. The Morgan fingerprint density at radius 3 is 1.74 bits per heavy atom. The van der Waals surface area contributed by atoms with E-state index in [0.29, 0.717) is 36.0 Å². The Hall–Kier alpha value is -0.570. The van der Waals surface area contributed by atoms with Crippen LogP contribution in [0.2, 0.25) is 0 Å². The van der Waals surface area contributed by atoms with Gasteiger partial charge in [0, 0.05) is 32.5 Å². The molecule has 2 saturated carbocycles. The van der Waals surface area contributed by atoms with Crippen LogP contribution in [0.15, 0.2) is 0 Å². The van der Waals surface area contributed by atoms with Crippen molar-refractivity contribution in [3.63, 3.8) is 0 Å². The van der Waals surface area contributed by atoms with Gasteiger partial charge in [-0.25, -0.2) is 0 Å². The first-order chi connectivity index (χ1) is 16.6. The molecular weight excluding hydrogens is 448 g/mol. The van der Waals surface area contributed by atoms with E-state index < -0.39 is 24.3 Å². The highest BCUT2D eigenvalue weighted by atomic mass is 16.7. The molecular formula is C28H44O7. The maximum absolute atomic E-state index is 13.8. The van der Waals surface area contributed by atoms with Gasteiger partial charge in [0.15, 0.2) is 18.4 Å². The van der Waals surface area contributed by atoms with Crippen molar-refractivity contribution in [1.82, 2.24) is 0 Å². The number of Topliss-reactive ketones (excluding diaryl/α,β-unsaturated/α-hetero) is 1. The summed E-state index contributed by atoms with van der Waals surface area (Å²) in [7, 11) is 3.37. The van der Waals surface area contributed by atoms with E-state index in [1.54, 1.807) is 14.2 Å². The van der Waals surface area contributed by atoms with Crippen LogP contribution in [0.4, 0.5) is 0 Å². The number of ether oxygens (including phenoxy) is 6. The summed E-state index contributed by atoms with van der Waals surface area (Å²) < 4.78 is 37.5. The predicted molar refractivity (Wildman–Crippen MR) is 127 cm³/mol. The number of rotatable bonds is 5. The average Bonchev–Trinajstić information content (AvgIpc) is 3.19. The lowest BCUT2D eigenvalue weighted by atomic mass is 9.65. The summed E-state index contributed by atoms with van der Waals surface area (Å²) in [5.41, 5.74) is -0.791. The Bertz CT molecular complexity index is 864. The molecule has 198 valence electrons. The second-order valence-electron chi connectivity index (χ2n) is 12.8. The minimum Gasteiger partial charge on any atom is -0.366 e. The highest BCUT2D eigenvalue weighted by molar-refractivity contribution is 5.84. The van der Waals surface area contributed by atoms with Crippen LogP contribution in [0, 0.1) is 47.3 Å². The fraction of sp³-hybridized carbons (Fsp3) is 0.964. The van der Waals surface area contributed by atoms with Crippen LogP contribution in [0.5, 0.6) is 0 Å². The third kappa shape index (κ3) is 2.97. The van der Waals surface area contributed by atoms with Crippen LogP contribution in [0.1, 0.15) is 60.8 Å². The van der Waals surface area contributed by atoms with E-state index in [4.69, 9.17) is 28.4 Å². The summed E-state index contributed by atoms with van der Waals surface area (Å²) in [5, 5.41) is 0. The van der Waals surface area contributed by atoms with Gasteiger partial charge in [0.25, 0.3) is 0 Å². The molecule has 0 amide bonds. The third-order valence-electron chi connectivity index (χ3n) is 11.3. The van der Waals surface area contributed by atoms with Gasteiger partial charge >= 0.3 is 0 Å². The van der Waals surface area contributed by atoms with Gasteiger partial charge in [0.1, 0.15) is 17.3 Å². The molecule has 6 aliphatic rings. The maximum Gasteiger partial charge on any atom is 0.187 e. The minimum atomic E-state index is -0.510. The van der Waals surface area contributed by atoms with Crippen LogP contribution in [0.25, 0.3) is 0 Å². The SMILES string of the molecule is CO[C@H]1O[C@H](C(=O)C[C@H]2O[C@H](OC)[C@@]34OC(C)C3C(C)C[C@H]4[C@H]2C)[C@H](C)[C@@H]2CC(C)C3C(C)O[C@@]312. The molecule has 0 bridgehead atoms. The van der Waals surface area contributed by atoms with Crippen molar-refractivity contribution < 1.29 is 33.2 Å². The number of carbonyl (C=O) groups excluding carboxylic acids is 1. The summed E-state index contributed by atoms with van der Waals surface area (Å²) in [6, 6.07) is 0. The number of methoxy groups -OCH3 is 2. The highest BCUT2D eigenvalue weighted by Crippen LogP contribution is 2.65. The second kappa shape index (κ2) is 8.21. The Morgan fingerprint density at radius 1 is 0.771 bits per heavy atom. The molecule has 4 aliphatic heterocycles. The topological polar surface area (TPSA) is 72.5 Å². The largest absolute Gasteiger partial charge is 0.366 e. The first-order valence-electron chi connectivity index (χ1n) is 13.9. The van der Waals surface area contributed by atoms with Crippen LogP contribution in [-0.4, -0.2) is 68.2 Å². The van der Waals surface area contributed by atoms with Crippen LogP contribution < -0.4 is 0 Å². The molecule has 16 atom stereocenters. The number of hydrogen-bond acceptors (Lipinski definition) is 7. The molecule has 0 N–H and O–H groups in total. The standard InChI is InChI=1S/C28H44O7/c1-12-9-18-14(3)21(32-25(30-7)27(18)22(12)16(5)34-27)11-20(29)24-15(4)19-10-13(2)23-17(6)35-28(19,23)26(31-8)33-24/h12-19,21-26H,9-11H2,1-8H3/t12?,13?,14-,15-,16?,17?,18+,19+,21-,22?,23?,24+,25+,26+,27+,28+/m1/s1. The lowest BCUT2D eigenvalue weighted by Gasteiger charge is -2.61. The van der Waals surface area contributed by atoms with Gasteiger partial charge in [0.2, 0.25) is 0 Å². The Kier molecular flexibility index (Phi) is 5.81. The summed E-state index contributed by atoms with van der Waals surface area (Å²) in [6.45, 7) is 13.3. The molecule has 7 heteroatoms. The quantitative estimate of drug-likeness (QED) is 0.578. The highest BCUT2D eigenvalue weighted by Gasteiger charge is 2.74. The zero-order valence-electron chi connectivity index (χ0n) is 22.6. The van der Waals surface area contributed by atoms with E-state index in [1.807, 2.05) is 0 Å². The van der Waals surface area contributed by atoms with E-state index in [0.717, 1.165) is 12.8 Å². The van der Waals surface area contributed by atoms with Crippen molar-refractivity contribution in [2.75, 3.05) is 14.2 Å². The average molecular weight is 493 g/mol. The summed E-state index contributed by atoms with van der Waals surface area (Å²) >= 11 is 0. The molecule has 0 aromatic rings. The second-order valence-corrected chi connectivity index (χ2v) is 12.8. The van der Waals surface area contributed by atoms with Crippen LogP contribution in [-0.2, 0) is 33.2 Å². The van der Waals surface area contributed by atoms with Crippen LogP contribution in [0.3, 0.4) is 0 Å². The van der Waals surface area contributed by atoms with Crippen molar-refractivity contribution >= 4 is 5.78 Å². The molecule has 35 heavy (non-hydrogen) atoms. The lowest BCUT2D eigenvalue weighted by Crippen LogP contribution is -2.72. The maximum atomic E-state index is 13.8. The Morgan fingerprint density at radius 2 is 1.26 bits per heavy atom. The van der Waals surface area contributed by atoms with E-state index in [2.05, 4.69) is 41.5 Å². The number of hydrogen-bond donors (Lipinski definition) is 0. The van der Waals surface area contributed by atoms with Crippen molar-refractivity contribution in [2.45, 2.75) is 109 Å². The first kappa shape index (κ1) is 24.7. The molecule has 2 aliphatic carbocycles. The van der Waals surface area contributed by atoms with Gasteiger partial charge in [-0.15, -0.1) is 0 Å². The summed E-state index contributed by atoms with van der Waals surface area (Å²) in [5.74, 6) is 2.92. The molecule has 2 spiro atoms. The van der Waals surface area contributed by atoms with Gasteiger partial charge in [-0.3, -0.25) is 4.79 Å². The molecule has 6 unspecified atom stereocenters. The molecule has 6 fully saturated rings. The van der Waals surface area contributed by atoms with Crippen molar-refractivity contribution in [2.24, 2.45) is 47.3 Å². The van der Waals surface area contributed by atoms with Crippen molar-refractivity contribution in [3.05, 3.63) is 0 Å². The Balaban J connectivity index is 1.20.